The van der Waals surface area contributed by atoms with Gasteiger partial charge in [-0.15, -0.1) is 0 Å². The van der Waals surface area contributed by atoms with Crippen molar-refractivity contribution < 1.29 is 9.53 Å². The Labute approximate surface area is 128 Å². The van der Waals surface area contributed by atoms with Crippen LogP contribution >= 0.6 is 0 Å². The van der Waals surface area contributed by atoms with E-state index in [0.717, 1.165) is 51.7 Å². The van der Waals surface area contributed by atoms with Crippen LogP contribution < -0.4 is 5.32 Å². The van der Waals surface area contributed by atoms with Gasteiger partial charge in [0.25, 0.3) is 0 Å². The standard InChI is InChI=1S/C16H29N3O2/c1-21-13-16(6-7-17-12-16)15(20)19-10-8-18(9-11-19)14-4-2-3-5-14/h14,17H,2-13H2,1H3. The molecule has 0 radical (unpaired) electrons. The first-order valence-corrected chi connectivity index (χ1v) is 8.48. The zero-order valence-electron chi connectivity index (χ0n) is 13.3. The molecule has 2 heterocycles. The molecule has 5 nitrogen and oxygen atoms in total. The summed E-state index contributed by atoms with van der Waals surface area (Å²) < 4.78 is 5.35. The first kappa shape index (κ1) is 15.3. The van der Waals surface area contributed by atoms with E-state index in [1.54, 1.807) is 7.11 Å². The first-order chi connectivity index (χ1) is 10.2. The Kier molecular flexibility index (Phi) is 4.82. The number of ether oxygens (including phenoxy) is 1. The molecule has 3 fully saturated rings. The normalized spacial score (nSPS) is 32.0. The highest BCUT2D eigenvalue weighted by Gasteiger charge is 2.44. The molecule has 0 aromatic rings. The largest absolute Gasteiger partial charge is 0.384 e. The molecular formula is C16H29N3O2. The van der Waals surface area contributed by atoms with E-state index in [0.29, 0.717) is 12.5 Å². The Balaban J connectivity index is 1.56. The maximum atomic E-state index is 12.9. The fraction of sp³-hybridized carbons (Fsp3) is 0.938. The second-order valence-corrected chi connectivity index (χ2v) is 6.91. The van der Waals surface area contributed by atoms with Crippen molar-refractivity contribution in [1.29, 1.82) is 0 Å². The van der Waals surface area contributed by atoms with Gasteiger partial charge in [-0.25, -0.2) is 0 Å². The van der Waals surface area contributed by atoms with E-state index in [-0.39, 0.29) is 5.41 Å². The van der Waals surface area contributed by atoms with Crippen LogP contribution in [0.2, 0.25) is 0 Å². The van der Waals surface area contributed by atoms with E-state index >= 15 is 0 Å². The Morgan fingerprint density at radius 1 is 1.24 bits per heavy atom. The molecule has 1 atom stereocenters. The van der Waals surface area contributed by atoms with Crippen LogP contribution in [0.15, 0.2) is 0 Å². The van der Waals surface area contributed by atoms with Crippen molar-refractivity contribution in [3.63, 3.8) is 0 Å². The van der Waals surface area contributed by atoms with Crippen LogP contribution in [0, 0.1) is 5.41 Å². The van der Waals surface area contributed by atoms with Gasteiger partial charge in [0.1, 0.15) is 0 Å². The number of hydrogen-bond donors (Lipinski definition) is 1. The van der Waals surface area contributed by atoms with Crippen molar-refractivity contribution in [2.24, 2.45) is 5.41 Å². The lowest BCUT2D eigenvalue weighted by atomic mass is 9.86. The van der Waals surface area contributed by atoms with Crippen LogP contribution in [0.3, 0.4) is 0 Å². The summed E-state index contributed by atoms with van der Waals surface area (Å²) in [5, 5.41) is 3.33. The summed E-state index contributed by atoms with van der Waals surface area (Å²) in [6, 6.07) is 0.781. The predicted molar refractivity (Wildman–Crippen MR) is 82.2 cm³/mol. The predicted octanol–water partition coefficient (Wildman–Crippen LogP) is 0.699. The van der Waals surface area contributed by atoms with Crippen molar-refractivity contribution in [2.75, 3.05) is 53.0 Å². The molecule has 1 saturated carbocycles. The molecule has 0 spiro atoms. The molecule has 1 amide bonds. The van der Waals surface area contributed by atoms with Gasteiger partial charge in [-0.3, -0.25) is 9.69 Å². The maximum Gasteiger partial charge on any atom is 0.232 e. The van der Waals surface area contributed by atoms with Crippen LogP contribution in [0.5, 0.6) is 0 Å². The number of piperazine rings is 1. The summed E-state index contributed by atoms with van der Waals surface area (Å²) in [6.07, 6.45) is 6.37. The number of amides is 1. The van der Waals surface area contributed by atoms with E-state index in [9.17, 15) is 4.79 Å². The van der Waals surface area contributed by atoms with Crippen LogP contribution in [-0.2, 0) is 9.53 Å². The van der Waals surface area contributed by atoms with Crippen LogP contribution in [0.1, 0.15) is 32.1 Å². The summed E-state index contributed by atoms with van der Waals surface area (Å²) in [6.45, 7) is 6.11. The summed E-state index contributed by atoms with van der Waals surface area (Å²) in [5.74, 6) is 0.306. The Morgan fingerprint density at radius 2 is 1.95 bits per heavy atom. The van der Waals surface area contributed by atoms with Crippen molar-refractivity contribution >= 4 is 5.91 Å². The summed E-state index contributed by atoms with van der Waals surface area (Å²) in [7, 11) is 1.70. The molecule has 3 aliphatic rings. The smallest absolute Gasteiger partial charge is 0.232 e. The van der Waals surface area contributed by atoms with E-state index < -0.39 is 0 Å². The van der Waals surface area contributed by atoms with Gasteiger partial charge in [0.2, 0.25) is 5.91 Å². The average Bonchev–Trinajstić information content (AvgIpc) is 3.19. The lowest BCUT2D eigenvalue weighted by Crippen LogP contribution is -2.56. The highest BCUT2D eigenvalue weighted by Crippen LogP contribution is 2.30. The molecule has 3 rings (SSSR count). The van der Waals surface area contributed by atoms with Gasteiger partial charge in [-0.1, -0.05) is 12.8 Å². The quantitative estimate of drug-likeness (QED) is 0.829. The molecule has 120 valence electrons. The number of carbonyl (C=O) groups is 1. The highest BCUT2D eigenvalue weighted by atomic mass is 16.5. The fourth-order valence-electron chi connectivity index (χ4n) is 4.28. The molecule has 1 aliphatic carbocycles. The number of rotatable bonds is 4. The molecule has 1 unspecified atom stereocenters. The molecule has 0 aromatic carbocycles. The van der Waals surface area contributed by atoms with Crippen LogP contribution in [0.4, 0.5) is 0 Å². The minimum absolute atomic E-state index is 0.306. The summed E-state index contributed by atoms with van der Waals surface area (Å²) in [4.78, 5) is 17.6. The molecule has 21 heavy (non-hydrogen) atoms. The maximum absolute atomic E-state index is 12.9. The van der Waals surface area contributed by atoms with Crippen LogP contribution in [-0.4, -0.2) is 74.7 Å². The van der Waals surface area contributed by atoms with Crippen molar-refractivity contribution in [3.8, 4) is 0 Å². The van der Waals surface area contributed by atoms with E-state index in [1.165, 1.54) is 25.7 Å². The zero-order chi connectivity index (χ0) is 14.7. The molecule has 1 N–H and O–H groups in total. The molecule has 0 aromatic heterocycles. The van der Waals surface area contributed by atoms with Crippen molar-refractivity contribution in [3.05, 3.63) is 0 Å². The number of carbonyl (C=O) groups excluding carboxylic acids is 1. The van der Waals surface area contributed by atoms with Gasteiger partial charge in [-0.2, -0.15) is 0 Å². The molecule has 2 aliphatic heterocycles. The Bertz CT molecular complexity index is 355. The van der Waals surface area contributed by atoms with Gasteiger partial charge in [-0.05, 0) is 25.8 Å². The van der Waals surface area contributed by atoms with Gasteiger partial charge in [0, 0.05) is 45.9 Å². The molecule has 5 heteroatoms. The van der Waals surface area contributed by atoms with E-state index in [2.05, 4.69) is 15.1 Å². The lowest BCUT2D eigenvalue weighted by Gasteiger charge is -2.41. The lowest BCUT2D eigenvalue weighted by molar-refractivity contribution is -0.146. The second kappa shape index (κ2) is 6.63. The van der Waals surface area contributed by atoms with Gasteiger partial charge >= 0.3 is 0 Å². The number of nitrogens with one attached hydrogen (secondary N) is 1. The van der Waals surface area contributed by atoms with Crippen molar-refractivity contribution in [2.45, 2.75) is 38.1 Å². The monoisotopic (exact) mass is 295 g/mol. The topological polar surface area (TPSA) is 44.8 Å². The summed E-state index contributed by atoms with van der Waals surface area (Å²) >= 11 is 0. The number of hydrogen-bond acceptors (Lipinski definition) is 4. The third kappa shape index (κ3) is 3.10. The average molecular weight is 295 g/mol. The molecular weight excluding hydrogens is 266 g/mol. The molecule has 2 saturated heterocycles. The van der Waals surface area contributed by atoms with Gasteiger partial charge in [0.15, 0.2) is 0 Å². The first-order valence-electron chi connectivity index (χ1n) is 8.48. The summed E-state index contributed by atoms with van der Waals surface area (Å²) in [5.41, 5.74) is -0.315. The van der Waals surface area contributed by atoms with Gasteiger partial charge < -0.3 is 15.0 Å². The third-order valence-electron chi connectivity index (χ3n) is 5.56. The Hall–Kier alpha value is -0.650. The zero-order valence-corrected chi connectivity index (χ0v) is 13.3. The number of methoxy groups -OCH3 is 1. The minimum atomic E-state index is -0.315. The van der Waals surface area contributed by atoms with Crippen LogP contribution in [0.25, 0.3) is 0 Å². The fourth-order valence-corrected chi connectivity index (χ4v) is 4.28. The molecule has 0 bridgehead atoms. The van der Waals surface area contributed by atoms with E-state index in [1.807, 2.05) is 0 Å². The third-order valence-corrected chi connectivity index (χ3v) is 5.56. The Morgan fingerprint density at radius 3 is 2.52 bits per heavy atom. The number of nitrogens with zero attached hydrogens (tertiary/aromatic N) is 2. The SMILES string of the molecule is COCC1(C(=O)N2CCN(C3CCCC3)CC2)CCNC1. The van der Waals surface area contributed by atoms with Crippen molar-refractivity contribution in [1.82, 2.24) is 15.1 Å². The highest BCUT2D eigenvalue weighted by molar-refractivity contribution is 5.83. The minimum Gasteiger partial charge on any atom is -0.384 e. The van der Waals surface area contributed by atoms with E-state index in [4.69, 9.17) is 4.74 Å². The second-order valence-electron chi connectivity index (χ2n) is 6.91. The van der Waals surface area contributed by atoms with Gasteiger partial charge in [0.05, 0.1) is 12.0 Å².